The average molecular weight is 255 g/mol. The van der Waals surface area contributed by atoms with E-state index in [2.05, 4.69) is 4.74 Å². The molecule has 0 amide bonds. The van der Waals surface area contributed by atoms with E-state index in [9.17, 15) is 18.0 Å². The summed E-state index contributed by atoms with van der Waals surface area (Å²) in [5.41, 5.74) is -2.19. The number of aromatic carboxylic acids is 1. The highest BCUT2D eigenvalue weighted by molar-refractivity contribution is 6.32. The first-order valence-electron chi connectivity index (χ1n) is 3.95. The van der Waals surface area contributed by atoms with Crippen LogP contribution in [0.4, 0.5) is 13.2 Å². The zero-order valence-electron chi connectivity index (χ0n) is 7.93. The Labute approximate surface area is 93.4 Å². The third-order valence-electron chi connectivity index (χ3n) is 1.83. The summed E-state index contributed by atoms with van der Waals surface area (Å²) in [7, 11) is 1.18. The van der Waals surface area contributed by atoms with Crippen LogP contribution in [0.1, 0.15) is 15.9 Å². The van der Waals surface area contributed by atoms with Gasteiger partial charge in [-0.2, -0.15) is 13.2 Å². The van der Waals surface area contributed by atoms with Gasteiger partial charge in [0.05, 0.1) is 23.3 Å². The first kappa shape index (κ1) is 12.6. The van der Waals surface area contributed by atoms with Gasteiger partial charge in [-0.25, -0.2) is 4.79 Å². The topological polar surface area (TPSA) is 46.5 Å². The standard InChI is InChI=1S/C9H6ClF3O3/c1-16-7-2-4(8(14)15)5(3-6(7)10)9(11,12)13/h2-3H,1H3,(H,14,15). The van der Waals surface area contributed by atoms with Crippen molar-refractivity contribution in [3.05, 3.63) is 28.3 Å². The molecule has 1 rings (SSSR count). The average Bonchev–Trinajstić information content (AvgIpc) is 2.15. The Kier molecular flexibility index (Phi) is 3.32. The molecule has 0 aliphatic heterocycles. The van der Waals surface area contributed by atoms with Gasteiger partial charge in [-0.05, 0) is 12.1 Å². The molecule has 0 saturated heterocycles. The summed E-state index contributed by atoms with van der Waals surface area (Å²) in [6, 6.07) is 1.28. The highest BCUT2D eigenvalue weighted by atomic mass is 35.5. The van der Waals surface area contributed by atoms with Gasteiger partial charge in [0.2, 0.25) is 0 Å². The van der Waals surface area contributed by atoms with Gasteiger partial charge < -0.3 is 9.84 Å². The van der Waals surface area contributed by atoms with Crippen molar-refractivity contribution in [2.45, 2.75) is 6.18 Å². The minimum Gasteiger partial charge on any atom is -0.495 e. The van der Waals surface area contributed by atoms with Crippen LogP contribution in [0.25, 0.3) is 0 Å². The Bertz CT molecular complexity index is 429. The molecule has 16 heavy (non-hydrogen) atoms. The van der Waals surface area contributed by atoms with E-state index in [1.165, 1.54) is 7.11 Å². The SMILES string of the molecule is COc1cc(C(=O)O)c(C(F)(F)F)cc1Cl. The van der Waals surface area contributed by atoms with E-state index >= 15 is 0 Å². The third kappa shape index (κ3) is 2.38. The number of hydrogen-bond donors (Lipinski definition) is 1. The summed E-state index contributed by atoms with van der Waals surface area (Å²) in [4.78, 5) is 10.6. The second-order valence-electron chi connectivity index (χ2n) is 2.84. The Hall–Kier alpha value is -1.43. The Morgan fingerprint density at radius 2 is 2.00 bits per heavy atom. The van der Waals surface area contributed by atoms with Crippen molar-refractivity contribution in [1.29, 1.82) is 0 Å². The van der Waals surface area contributed by atoms with Crippen LogP contribution in [0.5, 0.6) is 5.75 Å². The number of halogens is 4. The van der Waals surface area contributed by atoms with Crippen molar-refractivity contribution in [1.82, 2.24) is 0 Å². The molecular weight excluding hydrogens is 249 g/mol. The molecule has 88 valence electrons. The fraction of sp³-hybridized carbons (Fsp3) is 0.222. The monoisotopic (exact) mass is 254 g/mol. The van der Waals surface area contributed by atoms with Gasteiger partial charge in [0.15, 0.2) is 0 Å². The van der Waals surface area contributed by atoms with Crippen LogP contribution in [-0.2, 0) is 6.18 Å². The molecule has 1 N–H and O–H groups in total. The molecule has 0 spiro atoms. The number of ether oxygens (including phenoxy) is 1. The van der Waals surface area contributed by atoms with Crippen molar-refractivity contribution in [2.24, 2.45) is 0 Å². The second kappa shape index (κ2) is 4.21. The van der Waals surface area contributed by atoms with Crippen molar-refractivity contribution in [2.75, 3.05) is 7.11 Å². The summed E-state index contributed by atoms with van der Waals surface area (Å²) >= 11 is 5.49. The van der Waals surface area contributed by atoms with Gasteiger partial charge in [0.1, 0.15) is 5.75 Å². The molecule has 1 aromatic rings. The smallest absolute Gasteiger partial charge is 0.417 e. The van der Waals surface area contributed by atoms with Gasteiger partial charge in [-0.15, -0.1) is 0 Å². The summed E-state index contributed by atoms with van der Waals surface area (Å²) in [6.45, 7) is 0. The summed E-state index contributed by atoms with van der Waals surface area (Å²) < 4.78 is 42.0. The van der Waals surface area contributed by atoms with E-state index in [-0.39, 0.29) is 10.8 Å². The fourth-order valence-corrected chi connectivity index (χ4v) is 1.36. The Morgan fingerprint density at radius 1 is 1.44 bits per heavy atom. The van der Waals surface area contributed by atoms with Gasteiger partial charge in [0.25, 0.3) is 0 Å². The molecule has 0 radical (unpaired) electrons. The molecule has 0 bridgehead atoms. The first-order valence-corrected chi connectivity index (χ1v) is 4.33. The number of methoxy groups -OCH3 is 1. The van der Waals surface area contributed by atoms with Crippen LogP contribution >= 0.6 is 11.6 Å². The highest BCUT2D eigenvalue weighted by Gasteiger charge is 2.36. The molecule has 1 aromatic carbocycles. The summed E-state index contributed by atoms with van der Waals surface area (Å²) in [6.07, 6.45) is -4.77. The van der Waals surface area contributed by atoms with Gasteiger partial charge >= 0.3 is 12.1 Å². The quantitative estimate of drug-likeness (QED) is 0.882. The Morgan fingerprint density at radius 3 is 2.38 bits per heavy atom. The van der Waals surface area contributed by atoms with Crippen molar-refractivity contribution < 1.29 is 27.8 Å². The molecule has 0 saturated carbocycles. The van der Waals surface area contributed by atoms with E-state index in [0.717, 1.165) is 6.07 Å². The number of benzene rings is 1. The third-order valence-corrected chi connectivity index (χ3v) is 2.12. The molecule has 0 aliphatic rings. The highest BCUT2D eigenvalue weighted by Crippen LogP contribution is 2.37. The molecule has 0 aromatic heterocycles. The lowest BCUT2D eigenvalue weighted by Gasteiger charge is -2.12. The zero-order chi connectivity index (χ0) is 12.5. The van der Waals surface area contributed by atoms with Gasteiger partial charge in [-0.1, -0.05) is 11.6 Å². The van der Waals surface area contributed by atoms with Crippen molar-refractivity contribution in [3.63, 3.8) is 0 Å². The van der Waals surface area contributed by atoms with Crippen molar-refractivity contribution in [3.8, 4) is 5.75 Å². The fourth-order valence-electron chi connectivity index (χ4n) is 1.12. The number of carboxylic acid groups (broad SMARTS) is 1. The maximum absolute atomic E-state index is 12.5. The lowest BCUT2D eigenvalue weighted by Crippen LogP contribution is -2.13. The number of hydrogen-bond acceptors (Lipinski definition) is 2. The number of alkyl halides is 3. The maximum atomic E-state index is 12.5. The van der Waals surface area contributed by atoms with Crippen LogP contribution in [0, 0.1) is 0 Å². The lowest BCUT2D eigenvalue weighted by molar-refractivity contribution is -0.138. The van der Waals surface area contributed by atoms with Crippen LogP contribution in [-0.4, -0.2) is 18.2 Å². The van der Waals surface area contributed by atoms with Gasteiger partial charge in [-0.3, -0.25) is 0 Å². The number of rotatable bonds is 2. The van der Waals surface area contributed by atoms with Crippen LogP contribution < -0.4 is 4.74 Å². The largest absolute Gasteiger partial charge is 0.495 e. The lowest BCUT2D eigenvalue weighted by atomic mass is 10.1. The number of carboxylic acids is 1. The van der Waals surface area contributed by atoms with Crippen LogP contribution in [0.3, 0.4) is 0 Å². The molecule has 0 heterocycles. The van der Waals surface area contributed by atoms with E-state index in [4.69, 9.17) is 16.7 Å². The normalized spacial score (nSPS) is 11.3. The summed E-state index contributed by atoms with van der Waals surface area (Å²) in [5, 5.41) is 8.35. The van der Waals surface area contributed by atoms with E-state index in [0.29, 0.717) is 6.07 Å². The number of carbonyl (C=O) groups is 1. The van der Waals surface area contributed by atoms with Crippen LogP contribution in [0.2, 0.25) is 5.02 Å². The minimum absolute atomic E-state index is 0.118. The van der Waals surface area contributed by atoms with E-state index in [1.54, 1.807) is 0 Å². The molecule has 0 unspecified atom stereocenters. The predicted molar refractivity (Wildman–Crippen MR) is 50.0 cm³/mol. The molecule has 7 heteroatoms. The minimum atomic E-state index is -4.77. The van der Waals surface area contributed by atoms with E-state index in [1.807, 2.05) is 0 Å². The molecule has 0 aliphatic carbocycles. The van der Waals surface area contributed by atoms with E-state index < -0.39 is 23.3 Å². The first-order chi connectivity index (χ1) is 7.27. The molecular formula is C9H6ClF3O3. The second-order valence-corrected chi connectivity index (χ2v) is 3.24. The maximum Gasteiger partial charge on any atom is 0.417 e. The van der Waals surface area contributed by atoms with Crippen LogP contribution in [0.15, 0.2) is 12.1 Å². The molecule has 0 fully saturated rings. The molecule has 3 nitrogen and oxygen atoms in total. The van der Waals surface area contributed by atoms with Crippen molar-refractivity contribution >= 4 is 17.6 Å². The predicted octanol–water partition coefficient (Wildman–Crippen LogP) is 3.07. The van der Waals surface area contributed by atoms with Gasteiger partial charge in [0, 0.05) is 0 Å². The summed E-state index contributed by atoms with van der Waals surface area (Å²) in [5.74, 6) is -1.81. The Balaban J connectivity index is 3.49. The molecule has 0 atom stereocenters. The zero-order valence-corrected chi connectivity index (χ0v) is 8.69.